The zero-order chi connectivity index (χ0) is 21.4. The van der Waals surface area contributed by atoms with Crippen LogP contribution in [0.2, 0.25) is 5.02 Å². The van der Waals surface area contributed by atoms with E-state index in [9.17, 15) is 14.4 Å². The summed E-state index contributed by atoms with van der Waals surface area (Å²) in [6.07, 6.45) is 0.279. The van der Waals surface area contributed by atoms with Crippen molar-refractivity contribution >= 4 is 45.8 Å². The minimum Gasteiger partial charge on any atom is -0.423 e. The number of carbonyl (C=O) groups excluding carboxylic acids is 2. The summed E-state index contributed by atoms with van der Waals surface area (Å²) in [7, 11) is 0. The second-order valence-corrected chi connectivity index (χ2v) is 7.39. The molecule has 0 spiro atoms. The summed E-state index contributed by atoms with van der Waals surface area (Å²) >= 11 is 6.15. The highest BCUT2D eigenvalue weighted by molar-refractivity contribution is 6.38. The number of halogens is 1. The first-order valence-electron chi connectivity index (χ1n) is 9.25. The highest BCUT2D eigenvalue weighted by atomic mass is 35.5. The third kappa shape index (κ3) is 3.84. The maximum absolute atomic E-state index is 12.6. The number of hydrazone groups is 1. The lowest BCUT2D eigenvalue weighted by Crippen LogP contribution is -2.35. The molecule has 0 radical (unpaired) electrons. The lowest BCUT2D eigenvalue weighted by atomic mass is 10.1. The smallest absolute Gasteiger partial charge is 0.359 e. The van der Waals surface area contributed by atoms with Gasteiger partial charge in [-0.25, -0.2) is 14.6 Å². The highest BCUT2D eigenvalue weighted by Gasteiger charge is 2.27. The maximum atomic E-state index is 12.6. The van der Waals surface area contributed by atoms with Crippen LogP contribution in [0.3, 0.4) is 0 Å². The van der Waals surface area contributed by atoms with E-state index in [0.29, 0.717) is 16.3 Å². The molecule has 0 fully saturated rings. The van der Waals surface area contributed by atoms with Gasteiger partial charge in [0.1, 0.15) is 17.0 Å². The van der Waals surface area contributed by atoms with Crippen LogP contribution < -0.4 is 15.4 Å². The van der Waals surface area contributed by atoms with Gasteiger partial charge in [-0.2, -0.15) is 5.10 Å². The van der Waals surface area contributed by atoms with Crippen molar-refractivity contribution in [1.82, 2.24) is 0 Å². The van der Waals surface area contributed by atoms with Crippen molar-refractivity contribution in [2.45, 2.75) is 26.7 Å². The summed E-state index contributed by atoms with van der Waals surface area (Å²) in [6, 6.07) is 11.3. The van der Waals surface area contributed by atoms with E-state index in [1.54, 1.807) is 37.3 Å². The van der Waals surface area contributed by atoms with Gasteiger partial charge in [0.25, 0.3) is 0 Å². The van der Waals surface area contributed by atoms with Gasteiger partial charge >= 0.3 is 11.6 Å². The molecule has 7 nitrogen and oxygen atoms in total. The van der Waals surface area contributed by atoms with Gasteiger partial charge in [-0.05, 0) is 49.2 Å². The topological polar surface area (TPSA) is 89.2 Å². The van der Waals surface area contributed by atoms with Crippen LogP contribution in [-0.2, 0) is 9.59 Å². The monoisotopic (exact) mass is 424 g/mol. The van der Waals surface area contributed by atoms with E-state index >= 15 is 0 Å². The fourth-order valence-corrected chi connectivity index (χ4v) is 3.33. The molecule has 1 aliphatic heterocycles. The average Bonchev–Trinajstić information content (AvgIpc) is 2.70. The van der Waals surface area contributed by atoms with Crippen LogP contribution >= 0.6 is 11.6 Å². The molecule has 0 atom stereocenters. The van der Waals surface area contributed by atoms with Crippen molar-refractivity contribution in [2.24, 2.45) is 5.10 Å². The fraction of sp³-hybridized carbons (Fsp3) is 0.182. The average molecular weight is 425 g/mol. The van der Waals surface area contributed by atoms with E-state index in [0.717, 1.165) is 21.5 Å². The van der Waals surface area contributed by atoms with E-state index in [2.05, 4.69) is 5.10 Å². The quantitative estimate of drug-likeness (QED) is 0.358. The number of ether oxygens (including phenoxy) is 1. The summed E-state index contributed by atoms with van der Waals surface area (Å²) in [5.74, 6) is -0.708. The molecule has 3 aromatic rings. The van der Waals surface area contributed by atoms with Crippen molar-refractivity contribution in [3.8, 4) is 5.75 Å². The first kappa shape index (κ1) is 19.8. The number of anilines is 1. The van der Waals surface area contributed by atoms with E-state index in [4.69, 9.17) is 20.8 Å². The Labute approximate surface area is 176 Å². The molecule has 0 unspecified atom stereocenters. The van der Waals surface area contributed by atoms with Crippen molar-refractivity contribution in [2.75, 3.05) is 5.01 Å². The normalized spacial score (nSPS) is 14.0. The van der Waals surface area contributed by atoms with Gasteiger partial charge in [-0.15, -0.1) is 0 Å². The molecule has 1 aliphatic rings. The molecule has 1 amide bonds. The van der Waals surface area contributed by atoms with Crippen molar-refractivity contribution in [3.05, 3.63) is 69.0 Å². The Morgan fingerprint density at radius 2 is 1.87 bits per heavy atom. The van der Waals surface area contributed by atoms with E-state index in [1.165, 1.54) is 12.1 Å². The molecule has 30 heavy (non-hydrogen) atoms. The Hall–Kier alpha value is -3.45. The van der Waals surface area contributed by atoms with E-state index in [1.807, 2.05) is 6.92 Å². The third-order valence-electron chi connectivity index (χ3n) is 4.80. The van der Waals surface area contributed by atoms with Crippen LogP contribution in [0.1, 0.15) is 24.0 Å². The van der Waals surface area contributed by atoms with E-state index < -0.39 is 11.6 Å². The number of aryl methyl sites for hydroxylation is 2. The van der Waals surface area contributed by atoms with Gasteiger partial charge in [0.15, 0.2) is 0 Å². The molecule has 4 rings (SSSR count). The largest absolute Gasteiger partial charge is 0.423 e. The van der Waals surface area contributed by atoms with Crippen LogP contribution in [0.25, 0.3) is 11.0 Å². The van der Waals surface area contributed by atoms with Crippen LogP contribution in [0.5, 0.6) is 5.75 Å². The van der Waals surface area contributed by atoms with Crippen LogP contribution in [0.4, 0.5) is 5.69 Å². The maximum Gasteiger partial charge on any atom is 0.359 e. The number of fused-ring (bicyclic) bond motifs is 1. The molecule has 2 aromatic carbocycles. The van der Waals surface area contributed by atoms with Crippen molar-refractivity contribution in [3.63, 3.8) is 0 Å². The molecular weight excluding hydrogens is 408 g/mol. The zero-order valence-corrected chi connectivity index (χ0v) is 17.0. The molecule has 1 aromatic heterocycles. The van der Waals surface area contributed by atoms with Gasteiger partial charge < -0.3 is 9.15 Å². The molecule has 0 saturated heterocycles. The number of nitrogens with zero attached hydrogens (tertiary/aromatic N) is 2. The lowest BCUT2D eigenvalue weighted by Gasteiger charge is -2.23. The van der Waals surface area contributed by atoms with Crippen LogP contribution in [0, 0.1) is 13.8 Å². The Morgan fingerprint density at radius 1 is 1.07 bits per heavy atom. The van der Waals surface area contributed by atoms with Crippen molar-refractivity contribution < 1.29 is 18.7 Å². The summed E-state index contributed by atoms with van der Waals surface area (Å²) in [4.78, 5) is 36.5. The second kappa shape index (κ2) is 7.76. The number of benzene rings is 2. The summed E-state index contributed by atoms with van der Waals surface area (Å²) in [6.45, 7) is 3.65. The van der Waals surface area contributed by atoms with Gasteiger partial charge in [0, 0.05) is 35.4 Å². The first-order valence-corrected chi connectivity index (χ1v) is 9.63. The Kier molecular flexibility index (Phi) is 5.13. The molecule has 2 heterocycles. The summed E-state index contributed by atoms with van der Waals surface area (Å²) < 4.78 is 10.6. The number of rotatable bonds is 3. The zero-order valence-electron chi connectivity index (χ0n) is 16.3. The number of hydrogen-bond acceptors (Lipinski definition) is 6. The fourth-order valence-electron chi connectivity index (χ4n) is 3.15. The van der Waals surface area contributed by atoms with Crippen LogP contribution in [0.15, 0.2) is 56.8 Å². The highest BCUT2D eigenvalue weighted by Crippen LogP contribution is 2.27. The molecule has 8 heteroatoms. The molecule has 152 valence electrons. The summed E-state index contributed by atoms with van der Waals surface area (Å²) in [5.41, 5.74) is 2.06. The first-order chi connectivity index (χ1) is 14.3. The number of carbonyl (C=O) groups is 2. The number of amides is 1. The Bertz CT molecular complexity index is 1280. The van der Waals surface area contributed by atoms with Crippen molar-refractivity contribution in [1.29, 1.82) is 0 Å². The minimum absolute atomic E-state index is 0.108. The van der Waals surface area contributed by atoms with Crippen LogP contribution in [-0.4, -0.2) is 17.6 Å². The van der Waals surface area contributed by atoms with E-state index in [-0.39, 0.29) is 30.2 Å². The molecule has 0 bridgehead atoms. The molecular formula is C22H17ClN2O5. The Balaban J connectivity index is 1.61. The SMILES string of the molecule is Cc1ccc(N2N=C(C(=O)Oc3ccc4c(C)cc(=O)oc4c3)CCC2=O)cc1Cl. The minimum atomic E-state index is -0.681. The molecule has 0 aliphatic carbocycles. The third-order valence-corrected chi connectivity index (χ3v) is 5.21. The lowest BCUT2D eigenvalue weighted by molar-refractivity contribution is -0.127. The predicted octanol–water partition coefficient (Wildman–Crippen LogP) is 4.15. The second-order valence-electron chi connectivity index (χ2n) is 6.98. The number of esters is 1. The standard InChI is InChI=1S/C22H17ClN2O5/c1-12-3-4-14(10-17(12)23)25-20(26)8-7-18(24-25)22(28)29-15-5-6-16-13(2)9-21(27)30-19(16)11-15/h3-6,9-11H,7-8H2,1-2H3. The van der Waals surface area contributed by atoms with Gasteiger partial charge in [-0.1, -0.05) is 17.7 Å². The van der Waals surface area contributed by atoms with Gasteiger partial charge in [0.2, 0.25) is 5.91 Å². The molecule has 0 N–H and O–H groups in total. The molecule has 0 saturated carbocycles. The van der Waals surface area contributed by atoms with Gasteiger partial charge in [-0.3, -0.25) is 4.79 Å². The van der Waals surface area contributed by atoms with Gasteiger partial charge in [0.05, 0.1) is 5.69 Å². The number of hydrogen-bond donors (Lipinski definition) is 0. The Morgan fingerprint density at radius 3 is 2.63 bits per heavy atom. The summed E-state index contributed by atoms with van der Waals surface area (Å²) in [5, 5.41) is 6.59. The predicted molar refractivity (Wildman–Crippen MR) is 113 cm³/mol.